The number of hydrogen-bond acceptors (Lipinski definition) is 1. The van der Waals surface area contributed by atoms with E-state index in [1.165, 1.54) is 17.0 Å². The molecule has 0 bridgehead atoms. The minimum atomic E-state index is 0. The highest BCUT2D eigenvalue weighted by molar-refractivity contribution is 14.0. The van der Waals surface area contributed by atoms with Crippen molar-refractivity contribution in [2.75, 3.05) is 13.2 Å². The van der Waals surface area contributed by atoms with Crippen LogP contribution in [0.4, 0.5) is 5.69 Å². The molecule has 0 spiro atoms. The Bertz CT molecular complexity index is 424. The number of nitrogens with zero attached hydrogens (tertiary/aromatic N) is 1. The van der Waals surface area contributed by atoms with E-state index in [0.29, 0.717) is 6.54 Å². The van der Waals surface area contributed by atoms with Gasteiger partial charge < -0.3 is 5.11 Å². The fourth-order valence-corrected chi connectivity index (χ4v) is 2.34. The molecule has 3 heteroatoms. The largest absolute Gasteiger partial charge is 0.390 e. The van der Waals surface area contributed by atoms with Crippen LogP contribution in [-0.4, -0.2) is 28.5 Å². The van der Waals surface area contributed by atoms with Gasteiger partial charge in [0.1, 0.15) is 6.61 Å². The minimum absolute atomic E-state index is 0. The van der Waals surface area contributed by atoms with Crippen molar-refractivity contribution in [2.24, 2.45) is 0 Å². The third-order valence-corrected chi connectivity index (χ3v) is 3.50. The second-order valence-electron chi connectivity index (χ2n) is 4.60. The molecule has 1 aromatic carbocycles. The smallest absolute Gasteiger partial charge is 0.209 e. The average molecular weight is 332 g/mol. The molecule has 1 N–H and O–H groups in total. The number of para-hydroxylation sites is 1. The summed E-state index contributed by atoms with van der Waals surface area (Å²) in [5.41, 5.74) is 4.01. The summed E-state index contributed by atoms with van der Waals surface area (Å²) in [4.78, 5) is 0. The molecule has 1 heterocycles. The average Bonchev–Trinajstić information content (AvgIpc) is 2.42. The van der Waals surface area contributed by atoms with Gasteiger partial charge in [-0.05, 0) is 13.8 Å². The summed E-state index contributed by atoms with van der Waals surface area (Å²) < 4.78 is 2.22. The van der Waals surface area contributed by atoms with Crippen LogP contribution in [0.1, 0.15) is 26.3 Å². The van der Waals surface area contributed by atoms with E-state index in [2.05, 4.69) is 49.6 Å². The standard InChI is InChI=1S/C13H18NO.HI/c1-10-13(2,3)11-6-4-5-7-12(11)14(10)8-9-15;/h4-7,15H,8-9H2,1-3H3;1H/q+1;. The second kappa shape index (κ2) is 4.84. The summed E-state index contributed by atoms with van der Waals surface area (Å²) >= 11 is 0. The van der Waals surface area contributed by atoms with Crippen molar-refractivity contribution < 1.29 is 9.68 Å². The van der Waals surface area contributed by atoms with Gasteiger partial charge in [0.15, 0.2) is 12.3 Å². The molecule has 0 saturated heterocycles. The molecular formula is C13H19INO+. The van der Waals surface area contributed by atoms with Gasteiger partial charge in [-0.2, -0.15) is 4.58 Å². The van der Waals surface area contributed by atoms with Gasteiger partial charge in [-0.25, -0.2) is 0 Å². The van der Waals surface area contributed by atoms with Crippen LogP contribution in [0.15, 0.2) is 24.3 Å². The van der Waals surface area contributed by atoms with Crippen molar-refractivity contribution in [2.45, 2.75) is 26.2 Å². The zero-order valence-corrected chi connectivity index (χ0v) is 12.4. The summed E-state index contributed by atoms with van der Waals surface area (Å²) in [6.45, 7) is 7.50. The molecule has 1 aliphatic rings. The third-order valence-electron chi connectivity index (χ3n) is 3.50. The van der Waals surface area contributed by atoms with Gasteiger partial charge in [0.2, 0.25) is 5.69 Å². The van der Waals surface area contributed by atoms with E-state index < -0.39 is 0 Å². The molecule has 0 radical (unpaired) electrons. The Kier molecular flexibility index (Phi) is 4.12. The highest BCUT2D eigenvalue weighted by Gasteiger charge is 2.42. The quantitative estimate of drug-likeness (QED) is 0.653. The number of fused-ring (bicyclic) bond motifs is 1. The summed E-state index contributed by atoms with van der Waals surface area (Å²) in [6, 6.07) is 8.44. The van der Waals surface area contributed by atoms with Gasteiger partial charge in [0.05, 0.1) is 5.41 Å². The summed E-state index contributed by atoms with van der Waals surface area (Å²) in [5, 5.41) is 9.09. The van der Waals surface area contributed by atoms with E-state index in [1.807, 2.05) is 0 Å². The molecule has 0 aromatic heterocycles. The SMILES string of the molecule is CC1=[N+](CCO)c2ccccc2C1(C)C.I. The maximum absolute atomic E-state index is 9.09. The van der Waals surface area contributed by atoms with Crippen LogP contribution in [0, 0.1) is 0 Å². The van der Waals surface area contributed by atoms with Crippen molar-refractivity contribution >= 4 is 35.4 Å². The van der Waals surface area contributed by atoms with Gasteiger partial charge in [-0.1, -0.05) is 18.2 Å². The first-order valence-electron chi connectivity index (χ1n) is 5.41. The molecule has 88 valence electrons. The first kappa shape index (κ1) is 13.6. The molecule has 0 fully saturated rings. The Morgan fingerprint density at radius 1 is 1.25 bits per heavy atom. The predicted octanol–water partition coefficient (Wildman–Crippen LogP) is 2.69. The zero-order valence-electron chi connectivity index (χ0n) is 10.0. The van der Waals surface area contributed by atoms with E-state index in [1.54, 1.807) is 0 Å². The van der Waals surface area contributed by atoms with E-state index in [-0.39, 0.29) is 36.0 Å². The number of hydrogen-bond donors (Lipinski definition) is 1. The molecular weight excluding hydrogens is 313 g/mol. The lowest BCUT2D eigenvalue weighted by molar-refractivity contribution is -0.442. The number of halogens is 1. The highest BCUT2D eigenvalue weighted by Crippen LogP contribution is 2.38. The van der Waals surface area contributed by atoms with Crippen LogP contribution >= 0.6 is 24.0 Å². The van der Waals surface area contributed by atoms with Crippen LogP contribution in [0.5, 0.6) is 0 Å². The van der Waals surface area contributed by atoms with Gasteiger partial charge in [-0.15, -0.1) is 24.0 Å². The van der Waals surface area contributed by atoms with Crippen LogP contribution in [0.2, 0.25) is 0 Å². The molecule has 0 saturated carbocycles. The number of rotatable bonds is 2. The van der Waals surface area contributed by atoms with Gasteiger partial charge in [0, 0.05) is 18.6 Å². The summed E-state index contributed by atoms with van der Waals surface area (Å²) in [5.74, 6) is 0. The molecule has 1 aliphatic heterocycles. The van der Waals surface area contributed by atoms with E-state index in [9.17, 15) is 0 Å². The Morgan fingerprint density at radius 3 is 2.50 bits per heavy atom. The predicted molar refractivity (Wildman–Crippen MR) is 77.4 cm³/mol. The van der Waals surface area contributed by atoms with Crippen LogP contribution in [-0.2, 0) is 5.41 Å². The fraction of sp³-hybridized carbons (Fsp3) is 0.462. The first-order valence-corrected chi connectivity index (χ1v) is 5.41. The molecule has 0 atom stereocenters. The van der Waals surface area contributed by atoms with E-state index in [4.69, 9.17) is 5.11 Å². The molecule has 2 nitrogen and oxygen atoms in total. The molecule has 0 amide bonds. The second-order valence-corrected chi connectivity index (χ2v) is 4.60. The monoisotopic (exact) mass is 332 g/mol. The molecule has 1 aromatic rings. The van der Waals surface area contributed by atoms with Crippen LogP contribution in [0.25, 0.3) is 0 Å². The number of benzene rings is 1. The normalized spacial score (nSPS) is 17.0. The van der Waals surface area contributed by atoms with E-state index in [0.717, 1.165) is 0 Å². The van der Waals surface area contributed by atoms with Gasteiger partial charge in [0.25, 0.3) is 0 Å². The Labute approximate surface area is 114 Å². The Balaban J connectivity index is 0.00000128. The van der Waals surface area contributed by atoms with Crippen molar-refractivity contribution in [3.05, 3.63) is 29.8 Å². The third kappa shape index (κ3) is 1.91. The fourth-order valence-electron chi connectivity index (χ4n) is 2.34. The minimum Gasteiger partial charge on any atom is -0.390 e. The molecule has 0 unspecified atom stereocenters. The molecule has 0 aliphatic carbocycles. The van der Waals surface area contributed by atoms with Crippen molar-refractivity contribution in [3.63, 3.8) is 0 Å². The maximum atomic E-state index is 9.09. The number of aliphatic hydroxyl groups excluding tert-OH is 1. The Morgan fingerprint density at radius 2 is 1.88 bits per heavy atom. The van der Waals surface area contributed by atoms with Crippen molar-refractivity contribution in [1.82, 2.24) is 0 Å². The maximum Gasteiger partial charge on any atom is 0.209 e. The van der Waals surface area contributed by atoms with Gasteiger partial charge >= 0.3 is 0 Å². The van der Waals surface area contributed by atoms with E-state index >= 15 is 0 Å². The van der Waals surface area contributed by atoms with Crippen LogP contribution < -0.4 is 0 Å². The first-order chi connectivity index (χ1) is 7.09. The summed E-state index contributed by atoms with van der Waals surface area (Å²) in [6.07, 6.45) is 0. The van der Waals surface area contributed by atoms with Gasteiger partial charge in [-0.3, -0.25) is 0 Å². The highest BCUT2D eigenvalue weighted by atomic mass is 127. The van der Waals surface area contributed by atoms with Crippen LogP contribution in [0.3, 0.4) is 0 Å². The lowest BCUT2D eigenvalue weighted by atomic mass is 9.82. The zero-order chi connectivity index (χ0) is 11.1. The topological polar surface area (TPSA) is 23.2 Å². The lowest BCUT2D eigenvalue weighted by Gasteiger charge is -2.14. The number of β-amino-alcohol motifs (C(OH)–C–C–N with tert-alkyl or cyclic N) is 1. The molecule has 2 rings (SSSR count). The van der Waals surface area contributed by atoms with Crippen molar-refractivity contribution in [1.29, 1.82) is 0 Å². The molecule has 16 heavy (non-hydrogen) atoms. The number of aliphatic hydroxyl groups is 1. The lowest BCUT2D eigenvalue weighted by Crippen LogP contribution is -2.27. The Hall–Kier alpha value is -0.420. The summed E-state index contributed by atoms with van der Waals surface area (Å²) in [7, 11) is 0. The van der Waals surface area contributed by atoms with Crippen molar-refractivity contribution in [3.8, 4) is 0 Å².